The normalized spacial score (nSPS) is 29.5. The van der Waals surface area contributed by atoms with Gasteiger partial charge in [0.15, 0.2) is 0 Å². The SMILES string of the molecule is CN(C)C[C@@H]1CCC[C@](O)(c2ccccc2)C1. The van der Waals surface area contributed by atoms with E-state index in [-0.39, 0.29) is 0 Å². The highest BCUT2D eigenvalue weighted by Gasteiger charge is 2.35. The van der Waals surface area contributed by atoms with Crippen LogP contribution in [0.3, 0.4) is 0 Å². The summed E-state index contributed by atoms with van der Waals surface area (Å²) in [6, 6.07) is 10.1. The van der Waals surface area contributed by atoms with Gasteiger partial charge >= 0.3 is 0 Å². The number of hydrogen-bond donors (Lipinski definition) is 1. The Morgan fingerprint density at radius 2 is 2.00 bits per heavy atom. The third kappa shape index (κ3) is 3.08. The van der Waals surface area contributed by atoms with Crippen molar-refractivity contribution in [3.63, 3.8) is 0 Å². The highest BCUT2D eigenvalue weighted by molar-refractivity contribution is 5.22. The highest BCUT2D eigenvalue weighted by atomic mass is 16.3. The molecule has 0 spiro atoms. The molecule has 1 saturated carbocycles. The quantitative estimate of drug-likeness (QED) is 0.867. The fourth-order valence-corrected chi connectivity index (χ4v) is 3.05. The lowest BCUT2D eigenvalue weighted by Crippen LogP contribution is -2.36. The van der Waals surface area contributed by atoms with Gasteiger partial charge in [0.25, 0.3) is 0 Å². The molecule has 94 valence electrons. The fourth-order valence-electron chi connectivity index (χ4n) is 3.05. The van der Waals surface area contributed by atoms with Gasteiger partial charge in [-0.05, 0) is 51.3 Å². The van der Waals surface area contributed by atoms with Gasteiger partial charge < -0.3 is 10.0 Å². The van der Waals surface area contributed by atoms with Crippen LogP contribution in [-0.4, -0.2) is 30.6 Å². The monoisotopic (exact) mass is 233 g/mol. The number of hydrogen-bond acceptors (Lipinski definition) is 2. The maximum atomic E-state index is 10.8. The number of benzene rings is 1. The van der Waals surface area contributed by atoms with Gasteiger partial charge in [-0.25, -0.2) is 0 Å². The third-order valence-corrected chi connectivity index (χ3v) is 3.76. The van der Waals surface area contributed by atoms with Crippen molar-refractivity contribution in [1.29, 1.82) is 0 Å². The molecule has 2 nitrogen and oxygen atoms in total. The molecule has 1 aromatic carbocycles. The first kappa shape index (κ1) is 12.6. The molecule has 1 fully saturated rings. The van der Waals surface area contributed by atoms with Crippen LogP contribution in [0.5, 0.6) is 0 Å². The first-order valence-corrected chi connectivity index (χ1v) is 6.53. The second-order valence-electron chi connectivity index (χ2n) is 5.62. The minimum Gasteiger partial charge on any atom is -0.385 e. The molecule has 0 unspecified atom stereocenters. The molecule has 0 radical (unpaired) electrons. The topological polar surface area (TPSA) is 23.5 Å². The van der Waals surface area contributed by atoms with Crippen molar-refractivity contribution in [2.45, 2.75) is 31.3 Å². The van der Waals surface area contributed by atoms with E-state index in [4.69, 9.17) is 0 Å². The maximum absolute atomic E-state index is 10.8. The molecule has 0 aliphatic heterocycles. The van der Waals surface area contributed by atoms with Crippen molar-refractivity contribution in [2.24, 2.45) is 5.92 Å². The van der Waals surface area contributed by atoms with Gasteiger partial charge in [0.05, 0.1) is 5.60 Å². The summed E-state index contributed by atoms with van der Waals surface area (Å²) in [4.78, 5) is 2.22. The van der Waals surface area contributed by atoms with E-state index in [2.05, 4.69) is 31.1 Å². The molecule has 0 saturated heterocycles. The van der Waals surface area contributed by atoms with E-state index < -0.39 is 5.60 Å². The van der Waals surface area contributed by atoms with Gasteiger partial charge in [-0.3, -0.25) is 0 Å². The molecule has 0 amide bonds. The van der Waals surface area contributed by atoms with Crippen LogP contribution in [0.2, 0.25) is 0 Å². The molecular formula is C15H23NO. The Morgan fingerprint density at radius 3 is 2.65 bits per heavy atom. The minimum atomic E-state index is -0.597. The summed E-state index contributed by atoms with van der Waals surface area (Å²) >= 11 is 0. The highest BCUT2D eigenvalue weighted by Crippen LogP contribution is 2.39. The first-order chi connectivity index (χ1) is 8.10. The van der Waals surface area contributed by atoms with Crippen LogP contribution in [0.25, 0.3) is 0 Å². The first-order valence-electron chi connectivity index (χ1n) is 6.53. The van der Waals surface area contributed by atoms with Crippen LogP contribution in [0.15, 0.2) is 30.3 Å². The van der Waals surface area contributed by atoms with Crippen LogP contribution in [0, 0.1) is 5.92 Å². The van der Waals surface area contributed by atoms with Crippen LogP contribution in [0.4, 0.5) is 0 Å². The van der Waals surface area contributed by atoms with Gasteiger partial charge in [-0.15, -0.1) is 0 Å². The molecule has 2 atom stereocenters. The average molecular weight is 233 g/mol. The molecule has 0 heterocycles. The van der Waals surface area contributed by atoms with Crippen LogP contribution in [0.1, 0.15) is 31.2 Å². The Hall–Kier alpha value is -0.860. The van der Waals surface area contributed by atoms with Crippen molar-refractivity contribution in [3.05, 3.63) is 35.9 Å². The lowest BCUT2D eigenvalue weighted by atomic mass is 9.74. The Bertz CT molecular complexity index is 349. The molecule has 17 heavy (non-hydrogen) atoms. The van der Waals surface area contributed by atoms with E-state index >= 15 is 0 Å². The lowest BCUT2D eigenvalue weighted by molar-refractivity contribution is -0.0248. The predicted octanol–water partition coefficient (Wildman–Crippen LogP) is 2.63. The molecule has 1 aromatic rings. The van der Waals surface area contributed by atoms with Crippen LogP contribution in [-0.2, 0) is 5.60 Å². The molecule has 2 heteroatoms. The van der Waals surface area contributed by atoms with Crippen molar-refractivity contribution < 1.29 is 5.11 Å². The summed E-state index contributed by atoms with van der Waals surface area (Å²) in [6.07, 6.45) is 4.17. The smallest absolute Gasteiger partial charge is 0.0899 e. The summed E-state index contributed by atoms with van der Waals surface area (Å²) in [5.74, 6) is 0.615. The predicted molar refractivity (Wildman–Crippen MR) is 70.9 cm³/mol. The number of aliphatic hydroxyl groups is 1. The molecule has 1 aliphatic rings. The molecule has 0 bridgehead atoms. The summed E-state index contributed by atoms with van der Waals surface area (Å²) < 4.78 is 0. The second kappa shape index (κ2) is 5.19. The Morgan fingerprint density at radius 1 is 1.29 bits per heavy atom. The second-order valence-corrected chi connectivity index (χ2v) is 5.62. The molecule has 1 N–H and O–H groups in total. The van der Waals surface area contributed by atoms with Gasteiger partial charge in [0.1, 0.15) is 0 Å². The van der Waals surface area contributed by atoms with E-state index in [0.29, 0.717) is 5.92 Å². The summed E-state index contributed by atoms with van der Waals surface area (Å²) in [5.41, 5.74) is 0.489. The van der Waals surface area contributed by atoms with Gasteiger partial charge in [-0.2, -0.15) is 0 Å². The van der Waals surface area contributed by atoms with Crippen molar-refractivity contribution in [3.8, 4) is 0 Å². The summed E-state index contributed by atoms with van der Waals surface area (Å²) in [7, 11) is 4.21. The van der Waals surface area contributed by atoms with Gasteiger partial charge in [-0.1, -0.05) is 30.3 Å². The zero-order valence-corrected chi connectivity index (χ0v) is 10.9. The zero-order chi connectivity index (χ0) is 12.3. The van der Waals surface area contributed by atoms with Crippen LogP contribution >= 0.6 is 0 Å². The van der Waals surface area contributed by atoms with E-state index in [1.807, 2.05) is 18.2 Å². The average Bonchev–Trinajstić information content (AvgIpc) is 2.29. The minimum absolute atomic E-state index is 0.597. The molecular weight excluding hydrogens is 210 g/mol. The lowest BCUT2D eigenvalue weighted by Gasteiger charge is -2.38. The fraction of sp³-hybridized carbons (Fsp3) is 0.600. The van der Waals surface area contributed by atoms with E-state index in [0.717, 1.165) is 31.4 Å². The van der Waals surface area contributed by atoms with Crippen molar-refractivity contribution in [2.75, 3.05) is 20.6 Å². The number of nitrogens with zero attached hydrogens (tertiary/aromatic N) is 1. The van der Waals surface area contributed by atoms with Gasteiger partial charge in [0.2, 0.25) is 0 Å². The van der Waals surface area contributed by atoms with E-state index in [1.54, 1.807) is 0 Å². The Labute approximate surface area is 104 Å². The largest absolute Gasteiger partial charge is 0.385 e. The van der Waals surface area contributed by atoms with Crippen molar-refractivity contribution >= 4 is 0 Å². The van der Waals surface area contributed by atoms with Crippen molar-refractivity contribution in [1.82, 2.24) is 4.90 Å². The molecule has 0 aromatic heterocycles. The van der Waals surface area contributed by atoms with E-state index in [9.17, 15) is 5.11 Å². The van der Waals surface area contributed by atoms with Crippen LogP contribution < -0.4 is 0 Å². The zero-order valence-electron chi connectivity index (χ0n) is 10.9. The Balaban J connectivity index is 2.10. The number of rotatable bonds is 3. The van der Waals surface area contributed by atoms with Gasteiger partial charge in [0, 0.05) is 6.54 Å². The van der Waals surface area contributed by atoms with E-state index in [1.165, 1.54) is 6.42 Å². The Kier molecular flexibility index (Phi) is 3.85. The molecule has 1 aliphatic carbocycles. The molecule has 2 rings (SSSR count). The standard InChI is InChI=1S/C15H23NO/c1-16(2)12-13-7-6-10-15(17,11-13)14-8-4-3-5-9-14/h3-5,8-9,13,17H,6-7,10-12H2,1-2H3/t13-,15-/m1/s1. The maximum Gasteiger partial charge on any atom is 0.0899 e. The third-order valence-electron chi connectivity index (χ3n) is 3.76. The summed E-state index contributed by atoms with van der Waals surface area (Å²) in [5, 5.41) is 10.8. The summed E-state index contributed by atoms with van der Waals surface area (Å²) in [6.45, 7) is 1.08.